The maximum Gasteiger partial charge on any atom is 0.274 e. The zero-order valence-corrected chi connectivity index (χ0v) is 10.7. The highest BCUT2D eigenvalue weighted by Crippen LogP contribution is 2.04. The third-order valence-electron chi connectivity index (χ3n) is 2.83. The van der Waals surface area contributed by atoms with Crippen molar-refractivity contribution in [1.82, 2.24) is 19.9 Å². The molecule has 0 aliphatic heterocycles. The van der Waals surface area contributed by atoms with E-state index in [0.717, 1.165) is 0 Å². The number of fused-ring (bicyclic) bond motifs is 1. The van der Waals surface area contributed by atoms with Gasteiger partial charge in [0, 0.05) is 18.0 Å². The largest absolute Gasteiger partial charge is 0.467 e. The van der Waals surface area contributed by atoms with Gasteiger partial charge in [-0.05, 0) is 19.1 Å². The van der Waals surface area contributed by atoms with Crippen LogP contribution in [0.5, 0.6) is 0 Å². The average molecular weight is 272 g/mol. The molecule has 0 radical (unpaired) electrons. The number of hydrogen-bond donors (Lipinski definition) is 2. The summed E-state index contributed by atoms with van der Waals surface area (Å²) in [7, 11) is 0. The van der Waals surface area contributed by atoms with Crippen LogP contribution in [0.1, 0.15) is 21.9 Å². The van der Waals surface area contributed by atoms with E-state index in [0.29, 0.717) is 17.0 Å². The molecule has 3 aromatic rings. The van der Waals surface area contributed by atoms with Gasteiger partial charge in [0.15, 0.2) is 5.69 Å². The fourth-order valence-electron chi connectivity index (χ4n) is 1.90. The lowest BCUT2D eigenvalue weighted by molar-refractivity contribution is 0.0942. The van der Waals surface area contributed by atoms with Gasteiger partial charge in [-0.3, -0.25) is 9.59 Å². The molecule has 0 aliphatic carbocycles. The minimum absolute atomic E-state index is 0.188. The van der Waals surface area contributed by atoms with E-state index in [1.807, 2.05) is 0 Å². The Hall–Kier alpha value is -2.83. The van der Waals surface area contributed by atoms with E-state index in [9.17, 15) is 9.59 Å². The Morgan fingerprint density at radius 3 is 3.15 bits per heavy atom. The molecule has 1 amide bonds. The third-order valence-corrected chi connectivity index (χ3v) is 2.83. The first-order chi connectivity index (χ1) is 9.63. The lowest BCUT2D eigenvalue weighted by Crippen LogP contribution is -2.23. The summed E-state index contributed by atoms with van der Waals surface area (Å²) in [5.74, 6) is 0.290. The Kier molecular flexibility index (Phi) is 2.86. The number of nitrogens with one attached hydrogen (secondary N) is 2. The lowest BCUT2D eigenvalue weighted by atomic mass is 10.3. The molecule has 0 bridgehead atoms. The van der Waals surface area contributed by atoms with Crippen LogP contribution in [-0.2, 0) is 6.54 Å². The monoisotopic (exact) mass is 272 g/mol. The molecule has 7 nitrogen and oxygen atoms in total. The fourth-order valence-corrected chi connectivity index (χ4v) is 1.90. The number of hydrogen-bond acceptors (Lipinski definition) is 4. The van der Waals surface area contributed by atoms with Gasteiger partial charge in [0.25, 0.3) is 11.5 Å². The SMILES string of the molecule is Cc1cn2nc(C(=O)NCc3ccco3)cc2c(=O)[nH]1. The summed E-state index contributed by atoms with van der Waals surface area (Å²) in [6.45, 7) is 2.02. The van der Waals surface area contributed by atoms with Crippen LogP contribution in [0, 0.1) is 6.92 Å². The fraction of sp³-hybridized carbons (Fsp3) is 0.154. The second-order valence-corrected chi connectivity index (χ2v) is 4.39. The van der Waals surface area contributed by atoms with Crippen LogP contribution in [0.15, 0.2) is 39.9 Å². The Morgan fingerprint density at radius 1 is 1.55 bits per heavy atom. The molecule has 0 aliphatic rings. The van der Waals surface area contributed by atoms with Crippen LogP contribution in [0.3, 0.4) is 0 Å². The van der Waals surface area contributed by atoms with Gasteiger partial charge in [-0.2, -0.15) is 5.10 Å². The molecule has 0 aromatic carbocycles. The maximum atomic E-state index is 12.0. The number of aromatic nitrogens is 3. The van der Waals surface area contributed by atoms with Gasteiger partial charge in [-0.1, -0.05) is 0 Å². The summed E-state index contributed by atoms with van der Waals surface area (Å²) in [5.41, 5.74) is 0.919. The molecule has 102 valence electrons. The highest BCUT2D eigenvalue weighted by Gasteiger charge is 2.13. The highest BCUT2D eigenvalue weighted by atomic mass is 16.3. The van der Waals surface area contributed by atoms with E-state index in [-0.39, 0.29) is 23.7 Å². The quantitative estimate of drug-likeness (QED) is 0.739. The molecular weight excluding hydrogens is 260 g/mol. The molecule has 3 rings (SSSR count). The molecule has 0 saturated carbocycles. The molecule has 3 heterocycles. The van der Waals surface area contributed by atoms with E-state index in [1.54, 1.807) is 25.3 Å². The predicted octanol–water partition coefficient (Wildman–Crippen LogP) is 0.854. The number of carbonyl (C=O) groups excluding carboxylic acids is 1. The summed E-state index contributed by atoms with van der Waals surface area (Å²) in [6.07, 6.45) is 3.19. The summed E-state index contributed by atoms with van der Waals surface area (Å²) in [6, 6.07) is 4.96. The van der Waals surface area contributed by atoms with Crippen LogP contribution < -0.4 is 10.9 Å². The second-order valence-electron chi connectivity index (χ2n) is 4.39. The van der Waals surface area contributed by atoms with Gasteiger partial charge in [0.05, 0.1) is 12.8 Å². The number of H-pyrrole nitrogens is 1. The summed E-state index contributed by atoms with van der Waals surface area (Å²) >= 11 is 0. The molecule has 20 heavy (non-hydrogen) atoms. The zero-order valence-electron chi connectivity index (χ0n) is 10.7. The smallest absolute Gasteiger partial charge is 0.274 e. The molecule has 0 spiro atoms. The molecule has 0 unspecified atom stereocenters. The number of rotatable bonds is 3. The van der Waals surface area contributed by atoms with Crippen molar-refractivity contribution in [3.8, 4) is 0 Å². The Morgan fingerprint density at radius 2 is 2.40 bits per heavy atom. The number of carbonyl (C=O) groups is 1. The van der Waals surface area contributed by atoms with Crippen molar-refractivity contribution < 1.29 is 9.21 Å². The zero-order chi connectivity index (χ0) is 14.1. The van der Waals surface area contributed by atoms with Crippen LogP contribution in [0.25, 0.3) is 5.52 Å². The van der Waals surface area contributed by atoms with Gasteiger partial charge < -0.3 is 14.7 Å². The Bertz CT molecular complexity index is 814. The molecule has 0 fully saturated rings. The number of furan rings is 1. The van der Waals surface area contributed by atoms with E-state index < -0.39 is 0 Å². The maximum absolute atomic E-state index is 12.0. The van der Waals surface area contributed by atoms with Crippen molar-refractivity contribution >= 4 is 11.4 Å². The van der Waals surface area contributed by atoms with Crippen molar-refractivity contribution in [1.29, 1.82) is 0 Å². The number of aryl methyl sites for hydroxylation is 1. The molecule has 7 heteroatoms. The molecule has 3 aromatic heterocycles. The standard InChI is InChI=1S/C13H12N4O3/c1-8-7-17-11(13(19)15-8)5-10(16-17)12(18)14-6-9-3-2-4-20-9/h2-5,7H,6H2,1H3,(H,14,18)(H,15,19). The van der Waals surface area contributed by atoms with Gasteiger partial charge in [-0.15, -0.1) is 0 Å². The topological polar surface area (TPSA) is 92.4 Å². The molecule has 0 atom stereocenters. The normalized spacial score (nSPS) is 10.8. The first-order valence-electron chi connectivity index (χ1n) is 6.03. The summed E-state index contributed by atoms with van der Waals surface area (Å²) in [4.78, 5) is 26.3. The lowest BCUT2D eigenvalue weighted by Gasteiger charge is -1.99. The van der Waals surface area contributed by atoms with E-state index >= 15 is 0 Å². The van der Waals surface area contributed by atoms with E-state index in [1.165, 1.54) is 16.8 Å². The molecule has 0 saturated heterocycles. The van der Waals surface area contributed by atoms with Crippen molar-refractivity contribution in [3.63, 3.8) is 0 Å². The number of nitrogens with zero attached hydrogens (tertiary/aromatic N) is 2. The number of amides is 1. The third kappa shape index (κ3) is 2.20. The first kappa shape index (κ1) is 12.2. The second kappa shape index (κ2) is 4.69. The highest BCUT2D eigenvalue weighted by molar-refractivity contribution is 5.93. The Balaban J connectivity index is 1.85. The van der Waals surface area contributed by atoms with Gasteiger partial charge >= 0.3 is 0 Å². The van der Waals surface area contributed by atoms with Crippen molar-refractivity contribution in [2.24, 2.45) is 0 Å². The molecule has 2 N–H and O–H groups in total. The van der Waals surface area contributed by atoms with Crippen LogP contribution >= 0.6 is 0 Å². The van der Waals surface area contributed by atoms with E-state index in [4.69, 9.17) is 4.42 Å². The van der Waals surface area contributed by atoms with Crippen molar-refractivity contribution in [2.75, 3.05) is 0 Å². The van der Waals surface area contributed by atoms with Crippen LogP contribution in [0.4, 0.5) is 0 Å². The van der Waals surface area contributed by atoms with Gasteiger partial charge in [0.1, 0.15) is 11.3 Å². The minimum Gasteiger partial charge on any atom is -0.467 e. The van der Waals surface area contributed by atoms with E-state index in [2.05, 4.69) is 15.4 Å². The molecular formula is C13H12N4O3. The van der Waals surface area contributed by atoms with Crippen molar-refractivity contribution in [3.05, 3.63) is 58.2 Å². The predicted molar refractivity (Wildman–Crippen MR) is 70.4 cm³/mol. The Labute approximate surface area is 113 Å². The minimum atomic E-state index is -0.359. The van der Waals surface area contributed by atoms with Crippen LogP contribution in [0.2, 0.25) is 0 Å². The average Bonchev–Trinajstić information content (AvgIpc) is 3.04. The summed E-state index contributed by atoms with van der Waals surface area (Å²) < 4.78 is 6.52. The van der Waals surface area contributed by atoms with Crippen LogP contribution in [-0.4, -0.2) is 20.5 Å². The van der Waals surface area contributed by atoms with Gasteiger partial charge in [0.2, 0.25) is 0 Å². The first-order valence-corrected chi connectivity index (χ1v) is 6.03. The van der Waals surface area contributed by atoms with Gasteiger partial charge in [-0.25, -0.2) is 4.52 Å². The number of aromatic amines is 1. The summed E-state index contributed by atoms with van der Waals surface area (Å²) in [5, 5.41) is 6.76. The van der Waals surface area contributed by atoms with Crippen molar-refractivity contribution in [2.45, 2.75) is 13.5 Å².